The Morgan fingerprint density at radius 2 is 1.67 bits per heavy atom. The van der Waals surface area contributed by atoms with Gasteiger partial charge in [0.2, 0.25) is 17.7 Å². The fourth-order valence-electron chi connectivity index (χ4n) is 6.02. The number of benzene rings is 2. The molecule has 14 heteroatoms. The van der Waals surface area contributed by atoms with E-state index in [1.165, 1.54) is 43.1 Å². The molecular formula is C29H28N4O8S2. The number of nitro benzene ring substituents is 1. The Kier molecular flexibility index (Phi) is 7.73. The van der Waals surface area contributed by atoms with Gasteiger partial charge in [-0.1, -0.05) is 29.2 Å². The van der Waals surface area contributed by atoms with Crippen LogP contribution in [0.4, 0.5) is 11.4 Å². The van der Waals surface area contributed by atoms with E-state index in [0.29, 0.717) is 40.1 Å². The Morgan fingerprint density at radius 1 is 0.977 bits per heavy atom. The van der Waals surface area contributed by atoms with Crippen molar-refractivity contribution in [3.05, 3.63) is 72.7 Å². The van der Waals surface area contributed by atoms with E-state index < -0.39 is 33.8 Å². The fraction of sp³-hybridized carbons (Fsp3) is 0.379. The first kappa shape index (κ1) is 28.9. The molecule has 0 saturated carbocycles. The highest BCUT2D eigenvalue weighted by atomic mass is 32.2. The van der Waals surface area contributed by atoms with Gasteiger partial charge in [0.25, 0.3) is 5.69 Å². The number of thiazole rings is 1. The van der Waals surface area contributed by atoms with Gasteiger partial charge in [-0.15, -0.1) is 0 Å². The van der Waals surface area contributed by atoms with Gasteiger partial charge in [0.1, 0.15) is 11.8 Å². The average molecular weight is 625 g/mol. The van der Waals surface area contributed by atoms with Gasteiger partial charge in [-0.2, -0.15) is 0 Å². The topological polar surface area (TPSA) is 141 Å². The van der Waals surface area contributed by atoms with E-state index in [-0.39, 0.29) is 28.7 Å². The number of fused-ring (bicyclic) bond motifs is 2. The third-order valence-corrected chi connectivity index (χ3v) is 10.7. The van der Waals surface area contributed by atoms with Gasteiger partial charge in [0, 0.05) is 36.0 Å². The summed E-state index contributed by atoms with van der Waals surface area (Å²) < 4.78 is 12.4. The molecular weight excluding hydrogens is 596 g/mol. The maximum Gasteiger partial charge on any atom is 0.308 e. The monoisotopic (exact) mass is 624 g/mol. The Labute approximate surface area is 254 Å². The number of anilines is 1. The minimum Gasteiger partial charge on any atom is -0.493 e. The molecule has 3 aliphatic heterocycles. The average Bonchev–Trinajstić information content (AvgIpc) is 3.47. The zero-order valence-electron chi connectivity index (χ0n) is 23.4. The number of methoxy groups -OCH3 is 2. The van der Waals surface area contributed by atoms with Gasteiger partial charge >= 0.3 is 4.87 Å². The number of carbonyl (C=O) groups is 3. The number of hydrogen-bond donors (Lipinski definition) is 0. The van der Waals surface area contributed by atoms with Crippen LogP contribution in [0.2, 0.25) is 0 Å². The summed E-state index contributed by atoms with van der Waals surface area (Å²) in [6.07, 6.45) is 2.89. The minimum absolute atomic E-state index is 0.151. The van der Waals surface area contributed by atoms with Crippen molar-refractivity contribution in [3.63, 3.8) is 0 Å². The van der Waals surface area contributed by atoms with Crippen LogP contribution in [0, 0.1) is 16.0 Å². The van der Waals surface area contributed by atoms with E-state index in [0.717, 1.165) is 47.3 Å². The Morgan fingerprint density at radius 3 is 2.33 bits per heavy atom. The SMILES string of the molecule is COc1ccc([C@@H]2c3sc(=O)n(CC(=O)N4CCCCC4)c3SC3C(=O)N(c4ccc([N+](=O)[O-])cc4)C(=O)C32)cc1OC. The summed E-state index contributed by atoms with van der Waals surface area (Å²) >= 11 is 2.10. The predicted octanol–water partition coefficient (Wildman–Crippen LogP) is 3.64. The van der Waals surface area contributed by atoms with E-state index in [4.69, 9.17) is 9.47 Å². The summed E-state index contributed by atoms with van der Waals surface area (Å²) in [5.74, 6) is -1.78. The second kappa shape index (κ2) is 11.5. The Balaban J connectivity index is 1.45. The predicted molar refractivity (Wildman–Crippen MR) is 159 cm³/mol. The molecule has 0 bridgehead atoms. The molecule has 0 spiro atoms. The van der Waals surface area contributed by atoms with Crippen molar-refractivity contribution in [2.75, 3.05) is 32.2 Å². The molecule has 0 N–H and O–H groups in total. The lowest BCUT2D eigenvalue weighted by Gasteiger charge is -2.31. The van der Waals surface area contributed by atoms with Crippen molar-refractivity contribution in [3.8, 4) is 11.5 Å². The quantitative estimate of drug-likeness (QED) is 0.219. The van der Waals surface area contributed by atoms with Crippen molar-refractivity contribution >= 4 is 52.2 Å². The summed E-state index contributed by atoms with van der Waals surface area (Å²) in [6.45, 7) is 1.13. The largest absolute Gasteiger partial charge is 0.493 e. The lowest BCUT2D eigenvalue weighted by molar-refractivity contribution is -0.384. The van der Waals surface area contributed by atoms with Gasteiger partial charge in [-0.3, -0.25) is 33.9 Å². The summed E-state index contributed by atoms with van der Waals surface area (Å²) in [5.41, 5.74) is 0.710. The number of nitrogens with zero attached hydrogens (tertiary/aromatic N) is 4. The molecule has 2 fully saturated rings. The van der Waals surface area contributed by atoms with Crippen LogP contribution in [0.15, 0.2) is 52.3 Å². The fourth-order valence-corrected chi connectivity index (χ4v) is 8.79. The molecule has 4 heterocycles. The number of rotatable bonds is 7. The third kappa shape index (κ3) is 4.97. The van der Waals surface area contributed by atoms with Gasteiger partial charge in [0.15, 0.2) is 11.5 Å². The molecule has 224 valence electrons. The molecule has 43 heavy (non-hydrogen) atoms. The molecule has 2 aromatic carbocycles. The van der Waals surface area contributed by atoms with Crippen LogP contribution in [-0.4, -0.2) is 64.7 Å². The standard InChI is InChI=1S/C29H28N4O8S2/c1-40-19-11-6-16(14-20(19)41-2)22-23-24(27(36)32(26(23)35)17-7-9-18(10-8-17)33(38)39)42-28-25(22)43-29(37)31(28)15-21(34)30-12-4-3-5-13-30/h6-11,14,22-24H,3-5,12-13,15H2,1-2H3/t22-,23?,24?/m0/s1. The summed E-state index contributed by atoms with van der Waals surface area (Å²) in [4.78, 5) is 68.3. The first-order valence-corrected chi connectivity index (χ1v) is 15.4. The number of nitro groups is 1. The molecule has 3 aromatic rings. The summed E-state index contributed by atoms with van der Waals surface area (Å²) in [6, 6.07) is 10.5. The molecule has 12 nitrogen and oxygen atoms in total. The second-order valence-corrected chi connectivity index (χ2v) is 12.6. The maximum absolute atomic E-state index is 14.1. The molecule has 2 saturated heterocycles. The third-order valence-electron chi connectivity index (χ3n) is 8.14. The van der Waals surface area contributed by atoms with Gasteiger partial charge in [-0.05, 0) is 49.1 Å². The normalized spacial score (nSPS) is 21.4. The number of likely N-dealkylation sites (tertiary alicyclic amines) is 1. The van der Waals surface area contributed by atoms with E-state index in [2.05, 4.69) is 0 Å². The summed E-state index contributed by atoms with van der Waals surface area (Å²) in [5, 5.41) is 10.8. The second-order valence-electron chi connectivity index (χ2n) is 10.5. The number of amides is 3. The number of carbonyl (C=O) groups excluding carboxylic acids is 3. The lowest BCUT2D eigenvalue weighted by Crippen LogP contribution is -2.39. The Hall–Kier alpha value is -4.17. The number of hydrogen-bond acceptors (Lipinski definition) is 10. The van der Waals surface area contributed by atoms with Crippen molar-refractivity contribution in [2.45, 2.75) is 42.0 Å². The van der Waals surface area contributed by atoms with Gasteiger partial charge < -0.3 is 14.4 Å². The number of non-ortho nitro benzene ring substituents is 1. The van der Waals surface area contributed by atoms with E-state index in [1.54, 1.807) is 23.1 Å². The first-order chi connectivity index (χ1) is 20.7. The van der Waals surface area contributed by atoms with Crippen molar-refractivity contribution < 1.29 is 28.8 Å². The van der Waals surface area contributed by atoms with Crippen LogP contribution >= 0.6 is 23.1 Å². The lowest BCUT2D eigenvalue weighted by atomic mass is 9.83. The van der Waals surface area contributed by atoms with E-state index in [9.17, 15) is 29.3 Å². The molecule has 3 amide bonds. The Bertz CT molecular complexity index is 1680. The maximum atomic E-state index is 14.1. The zero-order chi connectivity index (χ0) is 30.4. The number of aromatic nitrogens is 1. The van der Waals surface area contributed by atoms with Crippen LogP contribution in [0.25, 0.3) is 0 Å². The van der Waals surface area contributed by atoms with Crippen LogP contribution in [0.5, 0.6) is 11.5 Å². The van der Waals surface area contributed by atoms with Crippen molar-refractivity contribution in [2.24, 2.45) is 5.92 Å². The number of thioether (sulfide) groups is 1. The van der Waals surface area contributed by atoms with Crippen LogP contribution in [0.3, 0.4) is 0 Å². The molecule has 3 aliphatic rings. The number of ether oxygens (including phenoxy) is 2. The van der Waals surface area contributed by atoms with Crippen LogP contribution in [0.1, 0.15) is 35.6 Å². The van der Waals surface area contributed by atoms with Gasteiger partial charge in [0.05, 0.1) is 35.8 Å². The zero-order valence-corrected chi connectivity index (χ0v) is 25.0. The molecule has 6 rings (SSSR count). The molecule has 0 aliphatic carbocycles. The van der Waals surface area contributed by atoms with Crippen LogP contribution < -0.4 is 19.2 Å². The molecule has 1 aromatic heterocycles. The number of piperidine rings is 1. The highest BCUT2D eigenvalue weighted by Crippen LogP contribution is 2.54. The van der Waals surface area contributed by atoms with E-state index in [1.807, 2.05) is 0 Å². The summed E-state index contributed by atoms with van der Waals surface area (Å²) in [7, 11) is 3.00. The highest BCUT2D eigenvalue weighted by molar-refractivity contribution is 8.00. The number of imide groups is 1. The van der Waals surface area contributed by atoms with Crippen molar-refractivity contribution in [1.29, 1.82) is 0 Å². The first-order valence-electron chi connectivity index (χ1n) is 13.8. The minimum atomic E-state index is -0.890. The van der Waals surface area contributed by atoms with Gasteiger partial charge in [-0.25, -0.2) is 4.90 Å². The molecule has 0 radical (unpaired) electrons. The smallest absolute Gasteiger partial charge is 0.308 e. The molecule has 2 unspecified atom stereocenters. The molecule has 3 atom stereocenters. The van der Waals surface area contributed by atoms with Crippen molar-refractivity contribution in [1.82, 2.24) is 9.47 Å². The highest BCUT2D eigenvalue weighted by Gasteiger charge is 2.57. The van der Waals surface area contributed by atoms with E-state index >= 15 is 0 Å². The van der Waals surface area contributed by atoms with Crippen LogP contribution in [-0.2, 0) is 20.9 Å².